The number of benzene rings is 1. The van der Waals surface area contributed by atoms with Gasteiger partial charge in [-0.2, -0.15) is 5.10 Å². The summed E-state index contributed by atoms with van der Waals surface area (Å²) in [5, 5.41) is 25.4. The molecule has 0 saturated heterocycles. The van der Waals surface area contributed by atoms with Crippen LogP contribution in [0.15, 0.2) is 36.5 Å². The van der Waals surface area contributed by atoms with Crippen LogP contribution in [-0.4, -0.2) is 69.5 Å². The maximum atomic E-state index is 14.4. The summed E-state index contributed by atoms with van der Waals surface area (Å²) in [5.41, 5.74) is -0.762. The van der Waals surface area contributed by atoms with Crippen LogP contribution in [0.25, 0.3) is 16.7 Å². The fraction of sp³-hybridized carbons (Fsp3) is 0.318. The predicted octanol–water partition coefficient (Wildman–Crippen LogP) is 1.43. The molecule has 2 aromatic heterocycles. The Hall–Kier alpha value is -3.16. The Bertz CT molecular complexity index is 1150. The first-order chi connectivity index (χ1) is 14.8. The highest BCUT2D eigenvalue weighted by Crippen LogP contribution is 2.26. The van der Waals surface area contributed by atoms with E-state index in [4.69, 9.17) is 4.74 Å². The number of carbonyl (C=O) groups is 1. The van der Waals surface area contributed by atoms with E-state index in [1.807, 2.05) is 0 Å². The monoisotopic (exact) mass is 426 g/mol. The van der Waals surface area contributed by atoms with Gasteiger partial charge in [-0.15, -0.1) is 0 Å². The van der Waals surface area contributed by atoms with Gasteiger partial charge in [-0.1, -0.05) is 11.8 Å². The van der Waals surface area contributed by atoms with E-state index >= 15 is 0 Å². The molecule has 162 valence electrons. The zero-order chi connectivity index (χ0) is 22.6. The Kier molecular flexibility index (Phi) is 6.77. The lowest BCUT2D eigenvalue weighted by Crippen LogP contribution is -2.33. The van der Waals surface area contributed by atoms with E-state index in [9.17, 15) is 19.4 Å². The first kappa shape index (κ1) is 22.5. The van der Waals surface area contributed by atoms with Gasteiger partial charge in [0.2, 0.25) is 6.29 Å². The number of carbonyl (C=O) groups excluding carboxylic acids is 1. The number of ether oxygens (including phenoxy) is 1. The van der Waals surface area contributed by atoms with Crippen LogP contribution in [0.3, 0.4) is 0 Å². The number of aromatic nitrogens is 3. The number of methoxy groups -OCH3 is 1. The maximum absolute atomic E-state index is 14.4. The van der Waals surface area contributed by atoms with Crippen molar-refractivity contribution < 1.29 is 24.1 Å². The lowest BCUT2D eigenvalue weighted by atomic mass is 10.0. The van der Waals surface area contributed by atoms with Crippen LogP contribution < -0.4 is 0 Å². The number of hydrogen-bond acceptors (Lipinski definition) is 7. The molecule has 0 amide bonds. The van der Waals surface area contributed by atoms with Gasteiger partial charge in [0.05, 0.1) is 11.3 Å². The van der Waals surface area contributed by atoms with Crippen LogP contribution in [0.4, 0.5) is 4.39 Å². The molecular formula is C22H23FN4O4. The van der Waals surface area contributed by atoms with Crippen molar-refractivity contribution in [3.8, 4) is 17.5 Å². The van der Waals surface area contributed by atoms with Crippen molar-refractivity contribution in [2.75, 3.05) is 27.7 Å². The molecule has 0 radical (unpaired) electrons. The van der Waals surface area contributed by atoms with Crippen molar-refractivity contribution in [3.05, 3.63) is 53.6 Å². The summed E-state index contributed by atoms with van der Waals surface area (Å²) in [7, 11) is 4.96. The fourth-order valence-corrected chi connectivity index (χ4v) is 2.91. The summed E-state index contributed by atoms with van der Waals surface area (Å²) < 4.78 is 20.8. The van der Waals surface area contributed by atoms with Crippen LogP contribution in [0, 0.1) is 17.7 Å². The molecular weight excluding hydrogens is 403 g/mol. The number of aliphatic hydroxyl groups is 2. The Morgan fingerprint density at radius 3 is 2.84 bits per heavy atom. The number of rotatable bonds is 7. The first-order valence-electron chi connectivity index (χ1n) is 9.49. The summed E-state index contributed by atoms with van der Waals surface area (Å²) in [6, 6.07) is 7.58. The highest BCUT2D eigenvalue weighted by molar-refractivity contribution is 5.80. The molecule has 8 nitrogen and oxygen atoms in total. The van der Waals surface area contributed by atoms with E-state index in [1.54, 1.807) is 37.3 Å². The topological polar surface area (TPSA) is 101 Å². The number of aldehydes is 1. The Morgan fingerprint density at radius 2 is 2.16 bits per heavy atom. The molecule has 0 spiro atoms. The summed E-state index contributed by atoms with van der Waals surface area (Å²) in [5.74, 6) is 4.43. The molecule has 1 unspecified atom stereocenters. The Balaban J connectivity index is 2.04. The molecule has 9 heteroatoms. The minimum Gasteiger partial charge on any atom is -0.371 e. The molecule has 0 bridgehead atoms. The Labute approximate surface area is 178 Å². The van der Waals surface area contributed by atoms with E-state index in [0.29, 0.717) is 29.6 Å². The van der Waals surface area contributed by atoms with Gasteiger partial charge in [-0.05, 0) is 44.4 Å². The van der Waals surface area contributed by atoms with Crippen molar-refractivity contribution in [1.82, 2.24) is 19.7 Å². The van der Waals surface area contributed by atoms with Crippen molar-refractivity contribution in [1.29, 1.82) is 0 Å². The smallest absolute Gasteiger partial charge is 0.200 e. The van der Waals surface area contributed by atoms with Gasteiger partial charge in [0, 0.05) is 31.7 Å². The average Bonchev–Trinajstić information content (AvgIpc) is 3.16. The number of halogens is 1. The van der Waals surface area contributed by atoms with Crippen LogP contribution in [-0.2, 0) is 9.53 Å². The summed E-state index contributed by atoms with van der Waals surface area (Å²) in [4.78, 5) is 17.5. The molecule has 0 saturated carbocycles. The molecule has 1 aromatic carbocycles. The summed E-state index contributed by atoms with van der Waals surface area (Å²) in [6.07, 6.45) is 0.757. The van der Waals surface area contributed by atoms with Gasteiger partial charge in [-0.3, -0.25) is 4.79 Å². The molecule has 0 fully saturated rings. The summed E-state index contributed by atoms with van der Waals surface area (Å²) >= 11 is 0. The largest absolute Gasteiger partial charge is 0.371 e. The second kappa shape index (κ2) is 9.32. The van der Waals surface area contributed by atoms with E-state index in [0.717, 1.165) is 0 Å². The van der Waals surface area contributed by atoms with E-state index in [-0.39, 0.29) is 17.7 Å². The standard InChI is InChI=1S/C22H23FN4O4/c1-26(2)12-10-22(30,14-28)9-8-15-13-16(6-7-18(15)23)27-20-17(5-4-11-24-20)19(25-27)21(29)31-3/h4-7,11,13-14,21,29-30H,10,12H2,1-3H3/t21?,22-/m0/s1. The lowest BCUT2D eigenvalue weighted by Gasteiger charge is -2.17. The maximum Gasteiger partial charge on any atom is 0.200 e. The zero-order valence-electron chi connectivity index (χ0n) is 17.4. The molecule has 3 aromatic rings. The quantitative estimate of drug-likeness (QED) is 0.335. The van der Waals surface area contributed by atoms with Gasteiger partial charge in [0.15, 0.2) is 17.5 Å². The normalized spacial score (nSPS) is 14.2. The number of hydrogen-bond donors (Lipinski definition) is 2. The number of pyridine rings is 1. The van der Waals surface area contributed by atoms with E-state index in [2.05, 4.69) is 21.9 Å². The van der Waals surface area contributed by atoms with Crippen LogP contribution in [0.1, 0.15) is 24.0 Å². The number of fused-ring (bicyclic) bond motifs is 1. The van der Waals surface area contributed by atoms with Crippen LogP contribution in [0.5, 0.6) is 0 Å². The van der Waals surface area contributed by atoms with E-state index < -0.39 is 17.7 Å². The lowest BCUT2D eigenvalue weighted by molar-refractivity contribution is -0.119. The molecule has 2 heterocycles. The minimum absolute atomic E-state index is 0.0175. The number of aliphatic hydroxyl groups excluding tert-OH is 1. The molecule has 0 aliphatic rings. The number of nitrogens with zero attached hydrogens (tertiary/aromatic N) is 4. The fourth-order valence-electron chi connectivity index (χ4n) is 2.91. The molecule has 0 aliphatic heterocycles. The summed E-state index contributed by atoms with van der Waals surface area (Å²) in [6.45, 7) is 0.433. The first-order valence-corrected chi connectivity index (χ1v) is 9.49. The van der Waals surface area contributed by atoms with E-state index in [1.165, 1.54) is 30.0 Å². The van der Waals surface area contributed by atoms with Crippen molar-refractivity contribution >= 4 is 17.3 Å². The minimum atomic E-state index is -1.89. The van der Waals surface area contributed by atoms with Gasteiger partial charge in [0.25, 0.3) is 0 Å². The molecule has 0 aliphatic carbocycles. The van der Waals surface area contributed by atoms with Crippen molar-refractivity contribution in [3.63, 3.8) is 0 Å². The highest BCUT2D eigenvalue weighted by atomic mass is 19.1. The van der Waals surface area contributed by atoms with Gasteiger partial charge in [-0.25, -0.2) is 14.1 Å². The van der Waals surface area contributed by atoms with Crippen LogP contribution in [0.2, 0.25) is 0 Å². The van der Waals surface area contributed by atoms with Crippen molar-refractivity contribution in [2.24, 2.45) is 0 Å². The second-order valence-corrected chi connectivity index (χ2v) is 7.27. The third-order valence-corrected chi connectivity index (χ3v) is 4.67. The van der Waals surface area contributed by atoms with Crippen molar-refractivity contribution in [2.45, 2.75) is 18.3 Å². The third kappa shape index (κ3) is 4.95. The zero-order valence-corrected chi connectivity index (χ0v) is 17.4. The molecule has 3 rings (SSSR count). The average molecular weight is 426 g/mol. The van der Waals surface area contributed by atoms with Crippen LogP contribution >= 0.6 is 0 Å². The molecule has 2 N–H and O–H groups in total. The second-order valence-electron chi connectivity index (χ2n) is 7.27. The van der Waals surface area contributed by atoms with Gasteiger partial charge >= 0.3 is 0 Å². The Morgan fingerprint density at radius 1 is 1.39 bits per heavy atom. The molecule has 31 heavy (non-hydrogen) atoms. The highest BCUT2D eigenvalue weighted by Gasteiger charge is 2.23. The van der Waals surface area contributed by atoms with Gasteiger partial charge in [0.1, 0.15) is 11.5 Å². The third-order valence-electron chi connectivity index (χ3n) is 4.67. The molecule has 2 atom stereocenters. The SMILES string of the molecule is COC(O)c1nn(-c2ccc(F)c(C#C[C@@](O)(C=O)CCN(C)C)c2)c2ncccc12. The predicted molar refractivity (Wildman–Crippen MR) is 112 cm³/mol. The van der Waals surface area contributed by atoms with Gasteiger partial charge < -0.3 is 19.8 Å².